The maximum atomic E-state index is 10.9. The van der Waals surface area contributed by atoms with Gasteiger partial charge in [-0.05, 0) is 23.3 Å². The van der Waals surface area contributed by atoms with Crippen molar-refractivity contribution in [3.8, 4) is 6.07 Å². The summed E-state index contributed by atoms with van der Waals surface area (Å²) in [6, 6.07) is 7.66. The molecule has 3 N–H and O–H groups in total. The van der Waals surface area contributed by atoms with Crippen LogP contribution < -0.4 is 5.32 Å². The molecular weight excluding hydrogens is 267 g/mol. The number of benzene rings is 1. The van der Waals surface area contributed by atoms with Crippen LogP contribution >= 0.6 is 7.60 Å². The van der Waals surface area contributed by atoms with Crippen molar-refractivity contribution in [2.75, 3.05) is 0 Å². The molecule has 7 heteroatoms. The van der Waals surface area contributed by atoms with Crippen molar-refractivity contribution < 1.29 is 19.1 Å². The zero-order valence-electron chi connectivity index (χ0n) is 10.1. The summed E-state index contributed by atoms with van der Waals surface area (Å²) in [5.41, 5.74) is 1.08. The third kappa shape index (κ3) is 5.49. The van der Waals surface area contributed by atoms with Gasteiger partial charge < -0.3 is 15.1 Å². The van der Waals surface area contributed by atoms with Gasteiger partial charge >= 0.3 is 7.60 Å². The van der Waals surface area contributed by atoms with Crippen LogP contribution in [0.1, 0.15) is 24.1 Å². The number of rotatable bonds is 4. The molecule has 1 unspecified atom stereocenters. The summed E-state index contributed by atoms with van der Waals surface area (Å²) < 4.78 is 10.7. The van der Waals surface area contributed by atoms with Gasteiger partial charge in [-0.1, -0.05) is 18.2 Å². The summed E-state index contributed by atoms with van der Waals surface area (Å²) in [5, 5.41) is 11.4. The molecule has 1 rings (SSSR count). The van der Waals surface area contributed by atoms with Gasteiger partial charge in [-0.15, -0.1) is 0 Å². The van der Waals surface area contributed by atoms with E-state index in [1.807, 2.05) is 6.07 Å². The molecule has 0 aliphatic carbocycles. The van der Waals surface area contributed by atoms with Gasteiger partial charge in [-0.25, -0.2) is 0 Å². The van der Waals surface area contributed by atoms with Crippen molar-refractivity contribution in [2.45, 2.75) is 13.0 Å². The molecule has 6 nitrogen and oxygen atoms in total. The van der Waals surface area contributed by atoms with Gasteiger partial charge in [0, 0.05) is 12.7 Å². The Morgan fingerprint density at radius 1 is 1.53 bits per heavy atom. The molecule has 0 aliphatic rings. The number of carbonyl (C=O) groups is 1. The SMILES string of the molecule is CC(=O)NC(C#N)c1cccc(C=CP(=O)(O)O)c1. The Hall–Kier alpha value is -1.93. The molecule has 0 aliphatic heterocycles. The largest absolute Gasteiger partial charge is 0.349 e. The second-order valence-electron chi connectivity index (χ2n) is 3.84. The Kier molecular flexibility index (Phi) is 5.02. The predicted molar refractivity (Wildman–Crippen MR) is 69.7 cm³/mol. The van der Waals surface area contributed by atoms with Gasteiger partial charge in [0.15, 0.2) is 0 Å². The number of carbonyl (C=O) groups excluding carboxylic acids is 1. The van der Waals surface area contributed by atoms with E-state index in [2.05, 4.69) is 5.32 Å². The highest BCUT2D eigenvalue weighted by molar-refractivity contribution is 7.55. The number of nitriles is 1. The van der Waals surface area contributed by atoms with Crippen LogP contribution in [0.15, 0.2) is 30.1 Å². The standard InChI is InChI=1S/C12H13N2O4P/c1-9(15)14-12(8-13)11-4-2-3-10(7-11)5-6-19(16,17)18/h2-7,12H,1H3,(H,14,15)(H2,16,17,18). The minimum atomic E-state index is -4.21. The van der Waals surface area contributed by atoms with Crippen LogP contribution in [-0.2, 0) is 9.36 Å². The highest BCUT2D eigenvalue weighted by atomic mass is 31.2. The number of amides is 1. The summed E-state index contributed by atoms with van der Waals surface area (Å²) in [6.07, 6.45) is 1.27. The van der Waals surface area contributed by atoms with Crippen LogP contribution in [0.4, 0.5) is 0 Å². The molecule has 0 saturated heterocycles. The van der Waals surface area contributed by atoms with E-state index in [4.69, 9.17) is 15.0 Å². The number of nitrogens with zero attached hydrogens (tertiary/aromatic N) is 1. The minimum absolute atomic E-state index is 0.331. The zero-order valence-corrected chi connectivity index (χ0v) is 11.0. The van der Waals surface area contributed by atoms with Gasteiger partial charge in [0.05, 0.1) is 6.07 Å². The van der Waals surface area contributed by atoms with Crippen molar-refractivity contribution in [3.63, 3.8) is 0 Å². The van der Waals surface area contributed by atoms with Crippen molar-refractivity contribution in [2.24, 2.45) is 0 Å². The van der Waals surface area contributed by atoms with Crippen molar-refractivity contribution in [3.05, 3.63) is 41.2 Å². The van der Waals surface area contributed by atoms with Gasteiger partial charge in [0.25, 0.3) is 0 Å². The monoisotopic (exact) mass is 280 g/mol. The fraction of sp³-hybridized carbons (Fsp3) is 0.167. The fourth-order valence-electron chi connectivity index (χ4n) is 1.42. The first-order chi connectivity index (χ1) is 8.81. The Balaban J connectivity index is 3.00. The lowest BCUT2D eigenvalue weighted by molar-refractivity contribution is -0.119. The first-order valence-electron chi connectivity index (χ1n) is 5.33. The Bertz CT molecular complexity index is 586. The van der Waals surface area contributed by atoms with Gasteiger partial charge in [-0.3, -0.25) is 9.36 Å². The molecule has 0 aromatic heterocycles. The molecule has 1 aromatic carbocycles. The van der Waals surface area contributed by atoms with Crippen LogP contribution in [0.25, 0.3) is 6.08 Å². The maximum absolute atomic E-state index is 10.9. The molecule has 19 heavy (non-hydrogen) atoms. The smallest absolute Gasteiger partial charge is 0.337 e. The van der Waals surface area contributed by atoms with Crippen LogP contribution in [-0.4, -0.2) is 15.7 Å². The summed E-state index contributed by atoms with van der Waals surface area (Å²) in [6.45, 7) is 1.31. The Morgan fingerprint density at radius 3 is 2.74 bits per heavy atom. The number of hydrogen-bond donors (Lipinski definition) is 3. The molecule has 100 valence electrons. The zero-order chi connectivity index (χ0) is 14.5. The molecule has 0 radical (unpaired) electrons. The third-order valence-electron chi connectivity index (χ3n) is 2.18. The summed E-state index contributed by atoms with van der Waals surface area (Å²) in [4.78, 5) is 28.4. The van der Waals surface area contributed by atoms with Crippen LogP contribution in [0.2, 0.25) is 0 Å². The Morgan fingerprint density at radius 2 is 2.21 bits per heavy atom. The second kappa shape index (κ2) is 6.30. The maximum Gasteiger partial charge on any atom is 0.349 e. The van der Waals surface area contributed by atoms with Gasteiger partial charge in [0.2, 0.25) is 5.91 Å². The second-order valence-corrected chi connectivity index (χ2v) is 5.31. The molecule has 1 aromatic rings. The van der Waals surface area contributed by atoms with E-state index in [-0.39, 0.29) is 5.91 Å². The third-order valence-corrected chi connectivity index (χ3v) is 2.72. The van der Waals surface area contributed by atoms with E-state index in [0.29, 0.717) is 11.1 Å². The molecule has 0 spiro atoms. The van der Waals surface area contributed by atoms with Gasteiger partial charge in [-0.2, -0.15) is 5.26 Å². The van der Waals surface area contributed by atoms with Crippen molar-refractivity contribution >= 4 is 19.6 Å². The summed E-state index contributed by atoms with van der Waals surface area (Å²) in [7, 11) is -4.21. The van der Waals surface area contributed by atoms with Crippen LogP contribution in [0, 0.1) is 11.3 Å². The molecule has 0 heterocycles. The van der Waals surface area contributed by atoms with Crippen LogP contribution in [0.5, 0.6) is 0 Å². The average Bonchev–Trinajstić information content (AvgIpc) is 2.33. The van der Waals surface area contributed by atoms with E-state index in [1.54, 1.807) is 24.3 Å². The molecule has 0 saturated carbocycles. The Labute approximate surface area is 110 Å². The first-order valence-corrected chi connectivity index (χ1v) is 7.01. The molecular formula is C12H13N2O4P. The molecule has 0 bridgehead atoms. The highest BCUT2D eigenvalue weighted by Gasteiger charge is 2.11. The van der Waals surface area contributed by atoms with E-state index in [0.717, 1.165) is 5.82 Å². The summed E-state index contributed by atoms with van der Waals surface area (Å²) in [5.74, 6) is 0.453. The topological polar surface area (TPSA) is 110 Å². The normalized spacial score (nSPS) is 12.9. The first kappa shape index (κ1) is 15.1. The fourth-order valence-corrected chi connectivity index (χ4v) is 1.79. The number of hydrogen-bond acceptors (Lipinski definition) is 3. The lowest BCUT2D eigenvalue weighted by Gasteiger charge is -2.10. The minimum Gasteiger partial charge on any atom is -0.337 e. The van der Waals surface area contributed by atoms with E-state index >= 15 is 0 Å². The van der Waals surface area contributed by atoms with Crippen LogP contribution in [0.3, 0.4) is 0 Å². The van der Waals surface area contributed by atoms with E-state index < -0.39 is 13.6 Å². The molecule has 0 fully saturated rings. The molecule has 1 atom stereocenters. The lowest BCUT2D eigenvalue weighted by Crippen LogP contribution is -2.24. The van der Waals surface area contributed by atoms with E-state index in [1.165, 1.54) is 13.0 Å². The number of nitrogens with one attached hydrogen (secondary N) is 1. The van der Waals surface area contributed by atoms with Crippen molar-refractivity contribution in [1.82, 2.24) is 5.32 Å². The predicted octanol–water partition coefficient (Wildman–Crippen LogP) is 1.54. The summed E-state index contributed by atoms with van der Waals surface area (Å²) >= 11 is 0. The van der Waals surface area contributed by atoms with Crippen molar-refractivity contribution in [1.29, 1.82) is 5.26 Å². The lowest BCUT2D eigenvalue weighted by atomic mass is 10.0. The van der Waals surface area contributed by atoms with Gasteiger partial charge in [0.1, 0.15) is 6.04 Å². The van der Waals surface area contributed by atoms with E-state index in [9.17, 15) is 9.36 Å². The quantitative estimate of drug-likeness (QED) is 0.724. The molecule has 1 amide bonds. The average molecular weight is 280 g/mol. The highest BCUT2D eigenvalue weighted by Crippen LogP contribution is 2.36.